The lowest BCUT2D eigenvalue weighted by Crippen LogP contribution is -2.58. The van der Waals surface area contributed by atoms with Crippen molar-refractivity contribution >= 4 is 42.2 Å². The van der Waals surface area contributed by atoms with Gasteiger partial charge in [0.25, 0.3) is 0 Å². The van der Waals surface area contributed by atoms with Gasteiger partial charge in [0.05, 0.1) is 6.04 Å². The summed E-state index contributed by atoms with van der Waals surface area (Å²) in [6.07, 6.45) is -0.0428. The van der Waals surface area contributed by atoms with Crippen molar-refractivity contribution in [2.75, 3.05) is 5.75 Å². The number of amides is 4. The molecule has 0 aliphatic carbocycles. The largest absolute Gasteiger partial charge is 0.508 e. The van der Waals surface area contributed by atoms with E-state index in [9.17, 15) is 34.2 Å². The van der Waals surface area contributed by atoms with E-state index in [1.807, 2.05) is 13.8 Å². The van der Waals surface area contributed by atoms with Crippen molar-refractivity contribution in [3.63, 3.8) is 0 Å². The van der Waals surface area contributed by atoms with Crippen LogP contribution in [0.2, 0.25) is 0 Å². The predicted molar refractivity (Wildman–Crippen MR) is 135 cm³/mol. The van der Waals surface area contributed by atoms with Crippen LogP contribution in [0.1, 0.15) is 38.7 Å². The second-order valence-electron chi connectivity index (χ2n) is 8.82. The average molecular weight is 526 g/mol. The van der Waals surface area contributed by atoms with Crippen LogP contribution in [-0.4, -0.2) is 69.7 Å². The second kappa shape index (κ2) is 14.9. The normalized spacial score (nSPS) is 14.2. The van der Waals surface area contributed by atoms with E-state index in [2.05, 4.69) is 28.6 Å². The molecule has 13 heteroatoms. The van der Waals surface area contributed by atoms with Crippen LogP contribution in [0.4, 0.5) is 0 Å². The summed E-state index contributed by atoms with van der Waals surface area (Å²) in [5.74, 6) is -4.25. The van der Waals surface area contributed by atoms with Gasteiger partial charge >= 0.3 is 5.97 Å². The highest BCUT2D eigenvalue weighted by Gasteiger charge is 2.30. The summed E-state index contributed by atoms with van der Waals surface area (Å²) >= 11 is 3.92. The zero-order valence-corrected chi connectivity index (χ0v) is 21.2. The maximum absolute atomic E-state index is 13.1. The Morgan fingerprint density at radius 2 is 1.44 bits per heavy atom. The van der Waals surface area contributed by atoms with Crippen molar-refractivity contribution in [3.8, 4) is 5.75 Å². The minimum absolute atomic E-state index is 0.00299. The van der Waals surface area contributed by atoms with Gasteiger partial charge < -0.3 is 37.6 Å². The van der Waals surface area contributed by atoms with Gasteiger partial charge in [0, 0.05) is 18.6 Å². The lowest BCUT2D eigenvalue weighted by atomic mass is 10.0. The third-order valence-electron chi connectivity index (χ3n) is 5.18. The minimum atomic E-state index is -1.31. The predicted octanol–water partition coefficient (Wildman–Crippen LogP) is -0.958. The first-order chi connectivity index (χ1) is 16.8. The smallest absolute Gasteiger partial charge is 0.327 e. The van der Waals surface area contributed by atoms with Crippen molar-refractivity contribution in [2.24, 2.45) is 17.4 Å². The van der Waals surface area contributed by atoms with Gasteiger partial charge in [-0.2, -0.15) is 12.6 Å². The number of aromatic hydroxyl groups is 1. The van der Waals surface area contributed by atoms with E-state index in [-0.39, 0.29) is 36.7 Å². The molecule has 0 aliphatic rings. The molecular formula is C23H35N5O7S. The first-order valence-corrected chi connectivity index (χ1v) is 12.0. The molecule has 4 amide bonds. The highest BCUT2D eigenvalue weighted by Crippen LogP contribution is 2.12. The molecule has 1 aromatic carbocycles. The van der Waals surface area contributed by atoms with E-state index in [1.54, 1.807) is 0 Å². The fraction of sp³-hybridized carbons (Fsp3) is 0.522. The molecule has 1 rings (SSSR count). The summed E-state index contributed by atoms with van der Waals surface area (Å²) in [4.78, 5) is 61.2. The summed E-state index contributed by atoms with van der Waals surface area (Å²) in [5, 5.41) is 26.1. The number of thiol groups is 1. The Morgan fingerprint density at radius 1 is 0.917 bits per heavy atom. The zero-order valence-electron chi connectivity index (χ0n) is 20.3. The van der Waals surface area contributed by atoms with Gasteiger partial charge in [-0.3, -0.25) is 19.2 Å². The molecule has 0 fully saturated rings. The van der Waals surface area contributed by atoms with Crippen LogP contribution in [0, 0.1) is 5.92 Å². The third-order valence-corrected chi connectivity index (χ3v) is 5.55. The van der Waals surface area contributed by atoms with Gasteiger partial charge in [-0.25, -0.2) is 4.79 Å². The van der Waals surface area contributed by atoms with Gasteiger partial charge in [0.2, 0.25) is 23.6 Å². The molecule has 0 bridgehead atoms. The van der Waals surface area contributed by atoms with Crippen LogP contribution in [0.25, 0.3) is 0 Å². The Hall–Kier alpha value is -3.32. The van der Waals surface area contributed by atoms with Gasteiger partial charge in [-0.05, 0) is 36.5 Å². The van der Waals surface area contributed by atoms with Crippen LogP contribution >= 0.6 is 12.6 Å². The lowest BCUT2D eigenvalue weighted by molar-refractivity contribution is -0.141. The van der Waals surface area contributed by atoms with Crippen LogP contribution < -0.4 is 27.4 Å². The molecule has 4 unspecified atom stereocenters. The number of carbonyl (C=O) groups excluding carboxylic acids is 4. The van der Waals surface area contributed by atoms with Crippen LogP contribution in [0.5, 0.6) is 5.75 Å². The Bertz CT molecular complexity index is 926. The molecule has 200 valence electrons. The molecule has 0 aromatic heterocycles. The van der Waals surface area contributed by atoms with Crippen LogP contribution in [0.3, 0.4) is 0 Å². The van der Waals surface area contributed by atoms with Crippen LogP contribution in [-0.2, 0) is 30.4 Å². The van der Waals surface area contributed by atoms with Crippen molar-refractivity contribution < 1.29 is 34.2 Å². The zero-order chi connectivity index (χ0) is 27.4. The molecule has 4 atom stereocenters. The number of aliphatic carboxylic acids is 1. The Balaban J connectivity index is 3.13. The number of carbonyl (C=O) groups is 5. The number of hydrogen-bond donors (Lipinski definition) is 8. The number of nitrogens with two attached hydrogens (primary N) is 2. The van der Waals surface area contributed by atoms with E-state index < -0.39 is 53.8 Å². The molecular weight excluding hydrogens is 490 g/mol. The van der Waals surface area contributed by atoms with Crippen LogP contribution in [0.15, 0.2) is 24.3 Å². The summed E-state index contributed by atoms with van der Waals surface area (Å²) in [6, 6.07) is 1.19. The summed E-state index contributed by atoms with van der Waals surface area (Å²) in [6.45, 7) is 3.76. The first kappa shape index (κ1) is 30.7. The van der Waals surface area contributed by atoms with Gasteiger partial charge in [0.1, 0.15) is 23.9 Å². The molecule has 0 radical (unpaired) electrons. The average Bonchev–Trinajstić information content (AvgIpc) is 2.79. The molecule has 0 saturated heterocycles. The molecule has 36 heavy (non-hydrogen) atoms. The number of nitrogens with one attached hydrogen (secondary N) is 3. The van der Waals surface area contributed by atoms with Crippen molar-refractivity contribution in [3.05, 3.63) is 29.8 Å². The van der Waals surface area contributed by atoms with E-state index in [0.29, 0.717) is 12.0 Å². The molecule has 9 N–H and O–H groups in total. The number of primary amides is 1. The topological polar surface area (TPSA) is 214 Å². The minimum Gasteiger partial charge on any atom is -0.508 e. The van der Waals surface area contributed by atoms with Crippen molar-refractivity contribution in [1.29, 1.82) is 0 Å². The molecule has 12 nitrogen and oxygen atoms in total. The summed E-state index contributed by atoms with van der Waals surface area (Å²) in [5.41, 5.74) is 11.7. The summed E-state index contributed by atoms with van der Waals surface area (Å²) < 4.78 is 0. The maximum atomic E-state index is 13.1. The SMILES string of the molecule is CC(C)CC(N)C(=O)NC(CCC(N)=O)C(=O)NC(Cc1ccc(O)cc1)C(=O)NC(CS)C(=O)O. The number of rotatable bonds is 15. The molecule has 0 saturated carbocycles. The highest BCUT2D eigenvalue weighted by molar-refractivity contribution is 7.80. The highest BCUT2D eigenvalue weighted by atomic mass is 32.1. The Labute approximate surface area is 215 Å². The number of hydrogen-bond acceptors (Lipinski definition) is 8. The van der Waals surface area contributed by atoms with Gasteiger partial charge in [-0.1, -0.05) is 26.0 Å². The third kappa shape index (κ3) is 11.0. The Morgan fingerprint density at radius 3 is 1.94 bits per heavy atom. The summed E-state index contributed by atoms with van der Waals surface area (Å²) in [7, 11) is 0. The van der Waals surface area contributed by atoms with Gasteiger partial charge in [0.15, 0.2) is 0 Å². The molecule has 1 aromatic rings. The van der Waals surface area contributed by atoms with Crippen molar-refractivity contribution in [1.82, 2.24) is 16.0 Å². The fourth-order valence-electron chi connectivity index (χ4n) is 3.26. The Kier molecular flexibility index (Phi) is 12.7. The second-order valence-corrected chi connectivity index (χ2v) is 9.18. The number of carboxylic acid groups (broad SMARTS) is 1. The number of benzene rings is 1. The number of carboxylic acids is 1. The maximum Gasteiger partial charge on any atom is 0.327 e. The molecule has 0 spiro atoms. The lowest BCUT2D eigenvalue weighted by Gasteiger charge is -2.25. The van der Waals surface area contributed by atoms with E-state index in [1.165, 1.54) is 24.3 Å². The van der Waals surface area contributed by atoms with E-state index in [0.717, 1.165) is 0 Å². The number of phenols is 1. The standard InChI is InChI=1S/C23H35N5O7S/c1-12(2)9-15(24)20(31)26-16(7-8-19(25)30)21(32)27-17(10-13-3-5-14(29)6-4-13)22(33)28-18(11-36)23(34)35/h3-6,12,15-18,29,36H,7-11,24H2,1-2H3,(H2,25,30)(H,26,31)(H,27,32)(H,28,33)(H,34,35). The quantitative estimate of drug-likeness (QED) is 0.133. The van der Waals surface area contributed by atoms with Gasteiger partial charge in [-0.15, -0.1) is 0 Å². The molecule has 0 aliphatic heterocycles. The monoisotopic (exact) mass is 525 g/mol. The molecule has 0 heterocycles. The first-order valence-electron chi connectivity index (χ1n) is 11.4. The van der Waals surface area contributed by atoms with E-state index in [4.69, 9.17) is 11.5 Å². The van der Waals surface area contributed by atoms with Crippen molar-refractivity contribution in [2.45, 2.75) is 63.7 Å². The number of phenolic OH excluding ortho intramolecular Hbond substituents is 1. The van der Waals surface area contributed by atoms with E-state index >= 15 is 0 Å². The fourth-order valence-corrected chi connectivity index (χ4v) is 3.50.